The summed E-state index contributed by atoms with van der Waals surface area (Å²) in [5.74, 6) is 2.64. The van der Waals surface area contributed by atoms with Crippen LogP contribution in [0.2, 0.25) is 0 Å². The van der Waals surface area contributed by atoms with E-state index in [0.29, 0.717) is 10.7 Å². The van der Waals surface area contributed by atoms with E-state index in [-0.39, 0.29) is 0 Å². The van der Waals surface area contributed by atoms with E-state index >= 15 is 0 Å². The number of alkyl halides is 1. The van der Waals surface area contributed by atoms with Crippen LogP contribution in [-0.2, 0) is 0 Å². The lowest BCUT2D eigenvalue weighted by atomic mass is 9.92. The molecule has 1 aromatic carbocycles. The molecule has 2 heteroatoms. The van der Waals surface area contributed by atoms with Gasteiger partial charge < -0.3 is 4.74 Å². The van der Waals surface area contributed by atoms with Crippen molar-refractivity contribution in [3.63, 3.8) is 0 Å². The Labute approximate surface area is 118 Å². The Bertz CT molecular complexity index is 398. The summed E-state index contributed by atoms with van der Waals surface area (Å²) in [5.41, 5.74) is 1.42. The van der Waals surface area contributed by atoms with Crippen molar-refractivity contribution in [1.29, 1.82) is 0 Å². The molecule has 2 aliphatic rings. The number of benzene rings is 1. The molecule has 0 spiro atoms. The molecule has 2 atom stereocenters. The predicted octanol–water partition coefficient (Wildman–Crippen LogP) is 4.90. The van der Waals surface area contributed by atoms with Crippen molar-refractivity contribution < 1.29 is 4.74 Å². The summed E-state index contributed by atoms with van der Waals surface area (Å²) >= 11 is 3.91. The molecule has 18 heavy (non-hydrogen) atoms. The minimum Gasteiger partial charge on any atom is -0.493 e. The summed E-state index contributed by atoms with van der Waals surface area (Å²) in [7, 11) is 0. The van der Waals surface area contributed by atoms with Gasteiger partial charge >= 0.3 is 0 Å². The van der Waals surface area contributed by atoms with Gasteiger partial charge in [0.2, 0.25) is 0 Å². The zero-order valence-electron chi connectivity index (χ0n) is 10.8. The molecule has 1 aliphatic carbocycles. The van der Waals surface area contributed by atoms with Gasteiger partial charge in [0.05, 0.1) is 6.61 Å². The summed E-state index contributed by atoms with van der Waals surface area (Å²) in [6.45, 7) is 0.879. The Hall–Kier alpha value is -0.500. The third kappa shape index (κ3) is 2.59. The van der Waals surface area contributed by atoms with Crippen LogP contribution in [0.15, 0.2) is 24.3 Å². The fourth-order valence-corrected chi connectivity index (χ4v) is 4.18. The Morgan fingerprint density at radius 2 is 2.00 bits per heavy atom. The van der Waals surface area contributed by atoms with Crippen molar-refractivity contribution in [1.82, 2.24) is 0 Å². The van der Waals surface area contributed by atoms with Gasteiger partial charge in [-0.25, -0.2) is 0 Å². The molecule has 1 saturated carbocycles. The van der Waals surface area contributed by atoms with Crippen LogP contribution in [0, 0.1) is 5.92 Å². The Morgan fingerprint density at radius 1 is 1.22 bits per heavy atom. The molecule has 1 aliphatic heterocycles. The second kappa shape index (κ2) is 5.64. The Balaban J connectivity index is 1.55. The van der Waals surface area contributed by atoms with Crippen LogP contribution < -0.4 is 4.74 Å². The van der Waals surface area contributed by atoms with E-state index in [1.165, 1.54) is 44.1 Å². The molecule has 0 bridgehead atoms. The number of hydrogen-bond acceptors (Lipinski definition) is 1. The molecule has 98 valence electrons. The average molecular weight is 309 g/mol. The maximum Gasteiger partial charge on any atom is 0.122 e. The van der Waals surface area contributed by atoms with Crippen LogP contribution in [-0.4, -0.2) is 11.4 Å². The second-order valence-corrected chi connectivity index (χ2v) is 6.86. The number of fused-ring (bicyclic) bond motifs is 1. The Morgan fingerprint density at radius 3 is 2.83 bits per heavy atom. The van der Waals surface area contributed by atoms with Gasteiger partial charge in [0.25, 0.3) is 0 Å². The van der Waals surface area contributed by atoms with Crippen molar-refractivity contribution in [3.8, 4) is 5.75 Å². The third-order valence-corrected chi connectivity index (χ3v) is 5.71. The standard InChI is InChI=1S/C16H21BrO/c17-15(12-5-1-2-6-12)10-9-13-11-18-16-8-4-3-7-14(13)16/h3-4,7-8,12-13,15H,1-2,5-6,9-11H2. The molecule has 1 fully saturated rings. The number of rotatable bonds is 4. The minimum absolute atomic E-state index is 0.614. The van der Waals surface area contributed by atoms with Crippen molar-refractivity contribution in [2.24, 2.45) is 5.92 Å². The third-order valence-electron chi connectivity index (χ3n) is 4.50. The topological polar surface area (TPSA) is 9.23 Å². The van der Waals surface area contributed by atoms with E-state index in [4.69, 9.17) is 4.74 Å². The summed E-state index contributed by atoms with van der Waals surface area (Å²) in [6, 6.07) is 8.51. The van der Waals surface area contributed by atoms with Crippen molar-refractivity contribution >= 4 is 15.9 Å². The van der Waals surface area contributed by atoms with E-state index in [9.17, 15) is 0 Å². The molecule has 0 saturated heterocycles. The molecule has 1 heterocycles. The molecule has 1 nitrogen and oxygen atoms in total. The zero-order valence-corrected chi connectivity index (χ0v) is 12.4. The minimum atomic E-state index is 0.614. The van der Waals surface area contributed by atoms with Crippen LogP contribution in [0.3, 0.4) is 0 Å². The molecule has 0 aromatic heterocycles. The predicted molar refractivity (Wildman–Crippen MR) is 78.6 cm³/mol. The van der Waals surface area contributed by atoms with Crippen LogP contribution in [0.1, 0.15) is 50.0 Å². The summed E-state index contributed by atoms with van der Waals surface area (Å²) in [5, 5.41) is 0. The molecular formula is C16H21BrO. The highest BCUT2D eigenvalue weighted by Crippen LogP contribution is 2.39. The van der Waals surface area contributed by atoms with Gasteiger partial charge in [0.1, 0.15) is 5.75 Å². The lowest BCUT2D eigenvalue weighted by molar-refractivity contribution is 0.320. The maximum atomic E-state index is 5.75. The lowest BCUT2D eigenvalue weighted by Crippen LogP contribution is -2.12. The zero-order chi connectivity index (χ0) is 12.4. The van der Waals surface area contributed by atoms with Crippen LogP contribution in [0.4, 0.5) is 0 Å². The smallest absolute Gasteiger partial charge is 0.122 e. The monoisotopic (exact) mass is 308 g/mol. The van der Waals surface area contributed by atoms with Gasteiger partial charge in [-0.05, 0) is 37.7 Å². The number of para-hydroxylation sites is 1. The van der Waals surface area contributed by atoms with Crippen LogP contribution in [0.25, 0.3) is 0 Å². The van der Waals surface area contributed by atoms with E-state index in [2.05, 4.69) is 40.2 Å². The van der Waals surface area contributed by atoms with E-state index in [1.807, 2.05) is 0 Å². The normalized spacial score (nSPS) is 24.8. The Kier molecular flexibility index (Phi) is 3.93. The first kappa shape index (κ1) is 12.5. The molecule has 3 rings (SSSR count). The summed E-state index contributed by atoms with van der Waals surface area (Å²) < 4.78 is 5.75. The van der Waals surface area contributed by atoms with Gasteiger partial charge in [-0.3, -0.25) is 0 Å². The van der Waals surface area contributed by atoms with Gasteiger partial charge in [0.15, 0.2) is 0 Å². The number of halogens is 1. The fraction of sp³-hybridized carbons (Fsp3) is 0.625. The highest BCUT2D eigenvalue weighted by Gasteiger charge is 2.27. The van der Waals surface area contributed by atoms with E-state index in [0.717, 1.165) is 18.3 Å². The SMILES string of the molecule is BrC(CCC1COc2ccccc21)C1CCCC1. The molecule has 0 N–H and O–H groups in total. The van der Waals surface area contributed by atoms with Gasteiger partial charge in [0, 0.05) is 16.3 Å². The maximum absolute atomic E-state index is 5.75. The molecule has 0 amide bonds. The van der Waals surface area contributed by atoms with Crippen LogP contribution >= 0.6 is 15.9 Å². The molecular weight excluding hydrogens is 288 g/mol. The van der Waals surface area contributed by atoms with Gasteiger partial charge in [-0.2, -0.15) is 0 Å². The quantitative estimate of drug-likeness (QED) is 0.719. The van der Waals surface area contributed by atoms with E-state index < -0.39 is 0 Å². The first-order valence-corrected chi connectivity index (χ1v) is 8.12. The number of ether oxygens (including phenoxy) is 1. The summed E-state index contributed by atoms with van der Waals surface area (Å²) in [4.78, 5) is 0.716. The summed E-state index contributed by atoms with van der Waals surface area (Å²) in [6.07, 6.45) is 8.25. The van der Waals surface area contributed by atoms with Gasteiger partial charge in [-0.15, -0.1) is 0 Å². The highest BCUT2D eigenvalue weighted by atomic mass is 79.9. The number of hydrogen-bond donors (Lipinski definition) is 0. The molecule has 0 radical (unpaired) electrons. The van der Waals surface area contributed by atoms with Gasteiger partial charge in [-0.1, -0.05) is 47.0 Å². The lowest BCUT2D eigenvalue weighted by Gasteiger charge is -2.18. The highest BCUT2D eigenvalue weighted by molar-refractivity contribution is 9.09. The second-order valence-electron chi connectivity index (χ2n) is 5.68. The van der Waals surface area contributed by atoms with Crippen molar-refractivity contribution in [2.45, 2.75) is 49.3 Å². The van der Waals surface area contributed by atoms with E-state index in [1.54, 1.807) is 0 Å². The largest absolute Gasteiger partial charge is 0.493 e. The first-order chi connectivity index (χ1) is 8.84. The average Bonchev–Trinajstić information content (AvgIpc) is 3.06. The molecule has 2 unspecified atom stereocenters. The van der Waals surface area contributed by atoms with Crippen molar-refractivity contribution in [3.05, 3.63) is 29.8 Å². The molecule has 1 aromatic rings. The van der Waals surface area contributed by atoms with Crippen LogP contribution in [0.5, 0.6) is 5.75 Å². The van der Waals surface area contributed by atoms with Crippen molar-refractivity contribution in [2.75, 3.05) is 6.61 Å². The fourth-order valence-electron chi connectivity index (χ4n) is 3.38. The first-order valence-electron chi connectivity index (χ1n) is 7.20.